The van der Waals surface area contributed by atoms with Crippen molar-refractivity contribution in [3.63, 3.8) is 0 Å². The van der Waals surface area contributed by atoms with Gasteiger partial charge in [-0.05, 0) is 42.5 Å². The van der Waals surface area contributed by atoms with E-state index in [9.17, 15) is 9.18 Å². The lowest BCUT2D eigenvalue weighted by atomic mass is 10.2. The van der Waals surface area contributed by atoms with E-state index in [1.807, 2.05) is 0 Å². The average Bonchev–Trinajstić information content (AvgIpc) is 2.84. The molecule has 0 aliphatic carbocycles. The number of aromatic nitrogens is 4. The van der Waals surface area contributed by atoms with E-state index in [0.29, 0.717) is 5.69 Å². The highest BCUT2D eigenvalue weighted by molar-refractivity contribution is 9.10. The molecule has 1 heterocycles. The van der Waals surface area contributed by atoms with Crippen LogP contribution in [-0.4, -0.2) is 30.4 Å². The Labute approximate surface area is 117 Å². The smallest absolute Gasteiger partial charge is 0.240 e. The molecule has 0 saturated heterocycles. The second-order valence-electron chi connectivity index (χ2n) is 4.35. The molecule has 0 spiro atoms. The number of nitrogens with zero attached hydrogens (tertiary/aromatic N) is 4. The van der Waals surface area contributed by atoms with E-state index in [4.69, 9.17) is 0 Å². The summed E-state index contributed by atoms with van der Waals surface area (Å²) in [6.45, 7) is 3.34. The molecule has 2 rings (SSSR count). The minimum Gasteiger partial charge on any atom is -0.322 e. The quantitative estimate of drug-likeness (QED) is 0.874. The number of rotatable bonds is 3. The van der Waals surface area contributed by atoms with Crippen molar-refractivity contribution in [2.45, 2.75) is 18.2 Å². The van der Waals surface area contributed by atoms with Crippen LogP contribution in [0.4, 0.5) is 10.1 Å². The third-order valence-electron chi connectivity index (χ3n) is 2.35. The van der Waals surface area contributed by atoms with Crippen molar-refractivity contribution < 1.29 is 9.18 Å². The molecular weight excluding hydrogens is 317 g/mol. The van der Waals surface area contributed by atoms with Gasteiger partial charge in [0.25, 0.3) is 0 Å². The lowest BCUT2D eigenvalue weighted by Crippen LogP contribution is -2.31. The zero-order chi connectivity index (χ0) is 14.0. The maximum Gasteiger partial charge on any atom is 0.240 e. The fourth-order valence-electron chi connectivity index (χ4n) is 1.30. The molecule has 1 N–H and O–H groups in total. The Hall–Kier alpha value is -1.83. The summed E-state index contributed by atoms with van der Waals surface area (Å²) in [5, 5.41) is 13.2. The molecule has 0 atom stereocenters. The monoisotopic (exact) mass is 327 g/mol. The van der Waals surface area contributed by atoms with Crippen molar-refractivity contribution in [1.82, 2.24) is 20.2 Å². The van der Waals surface area contributed by atoms with Crippen molar-refractivity contribution in [2.75, 3.05) is 5.32 Å². The minimum atomic E-state index is -0.787. The van der Waals surface area contributed by atoms with E-state index in [-0.39, 0.29) is 11.6 Å². The lowest BCUT2D eigenvalue weighted by molar-refractivity contribution is -0.117. The summed E-state index contributed by atoms with van der Waals surface area (Å²) in [6.07, 6.45) is 1.38. The molecule has 0 aliphatic heterocycles. The number of hydrogen-bond donors (Lipinski definition) is 1. The van der Waals surface area contributed by atoms with E-state index in [1.165, 1.54) is 29.2 Å². The summed E-state index contributed by atoms with van der Waals surface area (Å²) < 4.78 is 14.3. The molecule has 6 nitrogen and oxygen atoms in total. The Bertz CT molecular complexity index is 594. The summed E-state index contributed by atoms with van der Waals surface area (Å²) in [4.78, 5) is 11.8. The summed E-state index contributed by atoms with van der Waals surface area (Å²) in [7, 11) is 0. The maximum absolute atomic E-state index is 13.7. The van der Waals surface area contributed by atoms with Crippen LogP contribution in [0.2, 0.25) is 0 Å². The van der Waals surface area contributed by atoms with Crippen LogP contribution >= 0.6 is 15.9 Å². The van der Waals surface area contributed by atoms with Gasteiger partial charge in [-0.25, -0.2) is 9.07 Å². The molecule has 0 fully saturated rings. The Kier molecular flexibility index (Phi) is 3.61. The highest BCUT2D eigenvalue weighted by Crippen LogP contribution is 2.22. The van der Waals surface area contributed by atoms with Gasteiger partial charge in [-0.3, -0.25) is 4.79 Å². The standard InChI is InChI=1S/C11H11BrFN5O/c1-11(2,12)10(19)15-9-5-7(3-4-8(9)13)18-6-14-16-17-18/h3-6H,1-2H3,(H,15,19). The topological polar surface area (TPSA) is 72.7 Å². The van der Waals surface area contributed by atoms with Gasteiger partial charge in [0.1, 0.15) is 12.1 Å². The van der Waals surface area contributed by atoms with E-state index in [0.717, 1.165) is 0 Å². The number of alkyl halides is 1. The predicted molar refractivity (Wildman–Crippen MR) is 70.7 cm³/mol. The van der Waals surface area contributed by atoms with Crippen LogP contribution in [0.25, 0.3) is 5.69 Å². The second kappa shape index (κ2) is 5.04. The van der Waals surface area contributed by atoms with Crippen LogP contribution in [0.15, 0.2) is 24.5 Å². The number of carbonyl (C=O) groups excluding carboxylic acids is 1. The van der Waals surface area contributed by atoms with Crippen molar-refractivity contribution in [2.24, 2.45) is 0 Å². The van der Waals surface area contributed by atoms with Gasteiger partial charge >= 0.3 is 0 Å². The van der Waals surface area contributed by atoms with Crippen LogP contribution in [0, 0.1) is 5.82 Å². The highest BCUT2D eigenvalue weighted by Gasteiger charge is 2.24. The largest absolute Gasteiger partial charge is 0.322 e. The maximum atomic E-state index is 13.7. The number of halogens is 2. The molecule has 0 aliphatic rings. The van der Waals surface area contributed by atoms with E-state index >= 15 is 0 Å². The van der Waals surface area contributed by atoms with Crippen molar-refractivity contribution >= 4 is 27.5 Å². The van der Waals surface area contributed by atoms with Crippen LogP contribution in [-0.2, 0) is 4.79 Å². The van der Waals surface area contributed by atoms with Gasteiger partial charge in [-0.1, -0.05) is 15.9 Å². The zero-order valence-corrected chi connectivity index (χ0v) is 11.8. The number of benzene rings is 1. The molecule has 1 aromatic carbocycles. The highest BCUT2D eigenvalue weighted by atomic mass is 79.9. The Morgan fingerprint density at radius 1 is 1.47 bits per heavy atom. The van der Waals surface area contributed by atoms with Crippen LogP contribution in [0.3, 0.4) is 0 Å². The number of carbonyl (C=O) groups is 1. The Balaban J connectivity index is 2.31. The first-order chi connectivity index (χ1) is 8.88. The first-order valence-electron chi connectivity index (χ1n) is 5.41. The van der Waals surface area contributed by atoms with Gasteiger partial charge in [0.15, 0.2) is 0 Å². The molecule has 0 saturated carbocycles. The average molecular weight is 328 g/mol. The van der Waals surface area contributed by atoms with Crippen molar-refractivity contribution in [3.05, 3.63) is 30.3 Å². The molecule has 2 aromatic rings. The number of tetrazole rings is 1. The van der Waals surface area contributed by atoms with E-state index < -0.39 is 10.1 Å². The molecule has 100 valence electrons. The normalized spacial score (nSPS) is 11.4. The Morgan fingerprint density at radius 3 is 2.79 bits per heavy atom. The van der Waals surface area contributed by atoms with Crippen LogP contribution in [0.5, 0.6) is 0 Å². The van der Waals surface area contributed by atoms with Crippen LogP contribution < -0.4 is 5.32 Å². The third-order valence-corrected chi connectivity index (χ3v) is 2.71. The van der Waals surface area contributed by atoms with Gasteiger partial charge < -0.3 is 5.32 Å². The minimum absolute atomic E-state index is 0.0746. The van der Waals surface area contributed by atoms with Crippen molar-refractivity contribution in [3.8, 4) is 5.69 Å². The molecule has 1 aromatic heterocycles. The summed E-state index contributed by atoms with van der Waals surface area (Å²) in [5.74, 6) is -0.873. The number of amides is 1. The number of nitrogens with one attached hydrogen (secondary N) is 1. The molecular formula is C11H11BrFN5O. The third kappa shape index (κ3) is 3.14. The van der Waals surface area contributed by atoms with Crippen LogP contribution in [0.1, 0.15) is 13.8 Å². The van der Waals surface area contributed by atoms with Gasteiger partial charge in [0.05, 0.1) is 15.7 Å². The zero-order valence-electron chi connectivity index (χ0n) is 10.3. The Morgan fingerprint density at radius 2 is 2.21 bits per heavy atom. The number of hydrogen-bond acceptors (Lipinski definition) is 4. The molecule has 8 heteroatoms. The van der Waals surface area contributed by atoms with Gasteiger partial charge in [0, 0.05) is 0 Å². The lowest BCUT2D eigenvalue weighted by Gasteiger charge is -2.16. The van der Waals surface area contributed by atoms with Gasteiger partial charge in [-0.15, -0.1) is 5.10 Å². The molecule has 1 amide bonds. The SMILES string of the molecule is CC(C)(Br)C(=O)Nc1cc(-n2cnnn2)ccc1F. The first kappa shape index (κ1) is 13.6. The van der Waals surface area contributed by atoms with Crippen molar-refractivity contribution in [1.29, 1.82) is 0 Å². The molecule has 19 heavy (non-hydrogen) atoms. The summed E-state index contributed by atoms with van der Waals surface area (Å²) >= 11 is 3.21. The first-order valence-corrected chi connectivity index (χ1v) is 6.20. The molecule has 0 bridgehead atoms. The fraction of sp³-hybridized carbons (Fsp3) is 0.273. The van der Waals surface area contributed by atoms with Gasteiger partial charge in [-0.2, -0.15) is 0 Å². The van der Waals surface area contributed by atoms with E-state index in [1.54, 1.807) is 13.8 Å². The summed E-state index contributed by atoms with van der Waals surface area (Å²) in [6, 6.07) is 4.22. The second-order valence-corrected chi connectivity index (χ2v) is 6.33. The molecule has 0 radical (unpaired) electrons. The van der Waals surface area contributed by atoms with Gasteiger partial charge in [0.2, 0.25) is 5.91 Å². The van der Waals surface area contributed by atoms with E-state index in [2.05, 4.69) is 36.8 Å². The summed E-state index contributed by atoms with van der Waals surface area (Å²) in [5.41, 5.74) is 0.625. The molecule has 0 unspecified atom stereocenters. The predicted octanol–water partition coefficient (Wildman–Crippen LogP) is 1.91. The fourth-order valence-corrected chi connectivity index (χ4v) is 1.40. The number of anilines is 1.